The summed E-state index contributed by atoms with van der Waals surface area (Å²) in [4.78, 5) is 20.5. The van der Waals surface area contributed by atoms with Gasteiger partial charge in [-0.3, -0.25) is 4.79 Å². The highest BCUT2D eigenvalue weighted by molar-refractivity contribution is 5.92. The van der Waals surface area contributed by atoms with Gasteiger partial charge in [0.25, 0.3) is 5.91 Å². The summed E-state index contributed by atoms with van der Waals surface area (Å²) in [5.41, 5.74) is 1.74. The van der Waals surface area contributed by atoms with Crippen molar-refractivity contribution in [3.63, 3.8) is 0 Å². The van der Waals surface area contributed by atoms with Gasteiger partial charge in [-0.15, -0.1) is 0 Å². The maximum Gasteiger partial charge on any atom is 0.270 e. The van der Waals surface area contributed by atoms with Gasteiger partial charge in [0.1, 0.15) is 29.4 Å². The first-order chi connectivity index (χ1) is 13.7. The Morgan fingerprint density at radius 1 is 1.07 bits per heavy atom. The predicted octanol–water partition coefficient (Wildman–Crippen LogP) is 3.21. The molecule has 0 saturated heterocycles. The van der Waals surface area contributed by atoms with Crippen LogP contribution in [0.5, 0.6) is 5.75 Å². The third-order valence-corrected chi connectivity index (χ3v) is 4.19. The van der Waals surface area contributed by atoms with Crippen LogP contribution in [0.2, 0.25) is 0 Å². The molecule has 0 radical (unpaired) electrons. The van der Waals surface area contributed by atoms with Crippen molar-refractivity contribution in [3.05, 3.63) is 83.6 Å². The number of carbonyl (C=O) groups excluding carboxylic acids is 1. The van der Waals surface area contributed by atoms with E-state index in [-0.39, 0.29) is 17.4 Å². The van der Waals surface area contributed by atoms with Crippen LogP contribution in [0.1, 0.15) is 21.6 Å². The molecule has 0 bridgehead atoms. The summed E-state index contributed by atoms with van der Waals surface area (Å²) >= 11 is 0. The lowest BCUT2D eigenvalue weighted by molar-refractivity contribution is 0.0945. The third-order valence-electron chi connectivity index (χ3n) is 4.19. The largest absolute Gasteiger partial charge is 0.496 e. The second-order valence-corrected chi connectivity index (χ2v) is 6.05. The fourth-order valence-corrected chi connectivity index (χ4v) is 2.72. The van der Waals surface area contributed by atoms with Crippen LogP contribution in [-0.4, -0.2) is 29.5 Å². The first kappa shape index (κ1) is 19.3. The molecule has 3 rings (SSSR count). The Balaban J connectivity index is 1.56. The summed E-state index contributed by atoms with van der Waals surface area (Å²) in [5.74, 6) is 0.670. The molecule has 0 aliphatic heterocycles. The molecule has 1 amide bonds. The summed E-state index contributed by atoms with van der Waals surface area (Å²) in [6.45, 7) is 0.809. The number of amides is 1. The van der Waals surface area contributed by atoms with E-state index in [1.54, 1.807) is 31.4 Å². The molecule has 2 N–H and O–H groups in total. The molecule has 2 aromatic carbocycles. The summed E-state index contributed by atoms with van der Waals surface area (Å²) in [5, 5.41) is 5.91. The molecule has 28 heavy (non-hydrogen) atoms. The van der Waals surface area contributed by atoms with E-state index in [0.717, 1.165) is 5.56 Å². The Morgan fingerprint density at radius 2 is 1.82 bits per heavy atom. The van der Waals surface area contributed by atoms with Gasteiger partial charge >= 0.3 is 0 Å². The van der Waals surface area contributed by atoms with Crippen molar-refractivity contribution in [1.82, 2.24) is 15.3 Å². The first-order valence-corrected chi connectivity index (χ1v) is 8.87. The molecular weight excluding hydrogens is 359 g/mol. The normalized spacial score (nSPS) is 10.4. The number of anilines is 1. The Hall–Kier alpha value is -3.48. The maximum atomic E-state index is 13.6. The molecule has 0 spiro atoms. The van der Waals surface area contributed by atoms with Crippen molar-refractivity contribution in [2.24, 2.45) is 0 Å². The zero-order valence-corrected chi connectivity index (χ0v) is 15.5. The molecule has 7 heteroatoms. The number of nitrogens with one attached hydrogen (secondary N) is 2. The molecule has 0 aliphatic rings. The van der Waals surface area contributed by atoms with Crippen LogP contribution in [0, 0.1) is 5.82 Å². The Kier molecular flexibility index (Phi) is 6.51. The summed E-state index contributed by atoms with van der Waals surface area (Å²) < 4.78 is 18.9. The molecule has 0 saturated carbocycles. The number of carbonyl (C=O) groups is 1. The Bertz CT molecular complexity index is 949. The fraction of sp³-hybridized carbons (Fsp3) is 0.190. The van der Waals surface area contributed by atoms with E-state index >= 15 is 0 Å². The first-order valence-electron chi connectivity index (χ1n) is 8.87. The van der Waals surface area contributed by atoms with E-state index < -0.39 is 0 Å². The molecular formula is C21H21FN4O2. The van der Waals surface area contributed by atoms with Crippen molar-refractivity contribution < 1.29 is 13.9 Å². The number of rotatable bonds is 8. The molecule has 3 aromatic rings. The standard InChI is InChI=1S/C21H21FN4O2/c1-28-19-9-5-3-7-16(19)13-24-21(27)18-12-20(26-14-25-18)23-11-10-15-6-2-4-8-17(15)22/h2-9,12,14H,10-11,13H2,1H3,(H,24,27)(H,23,25,26). The lowest BCUT2D eigenvalue weighted by atomic mass is 10.1. The quantitative estimate of drug-likeness (QED) is 0.628. The van der Waals surface area contributed by atoms with Crippen molar-refractivity contribution in [2.45, 2.75) is 13.0 Å². The fourth-order valence-electron chi connectivity index (χ4n) is 2.72. The van der Waals surface area contributed by atoms with Crippen molar-refractivity contribution >= 4 is 11.7 Å². The van der Waals surface area contributed by atoms with E-state index in [1.807, 2.05) is 24.3 Å². The van der Waals surface area contributed by atoms with Gasteiger partial charge in [-0.25, -0.2) is 14.4 Å². The number of benzene rings is 2. The molecule has 1 heterocycles. The lowest BCUT2D eigenvalue weighted by Gasteiger charge is -2.10. The molecule has 6 nitrogen and oxygen atoms in total. The van der Waals surface area contributed by atoms with Crippen LogP contribution in [0.4, 0.5) is 10.2 Å². The molecule has 0 aliphatic carbocycles. The molecule has 144 valence electrons. The Morgan fingerprint density at radius 3 is 2.61 bits per heavy atom. The predicted molar refractivity (Wildman–Crippen MR) is 105 cm³/mol. The molecule has 1 aromatic heterocycles. The van der Waals surface area contributed by atoms with Crippen LogP contribution in [0.25, 0.3) is 0 Å². The van der Waals surface area contributed by atoms with Crippen molar-refractivity contribution in [1.29, 1.82) is 0 Å². The lowest BCUT2D eigenvalue weighted by Crippen LogP contribution is -2.24. The highest BCUT2D eigenvalue weighted by atomic mass is 19.1. The van der Waals surface area contributed by atoms with Crippen LogP contribution in [-0.2, 0) is 13.0 Å². The molecule has 0 unspecified atom stereocenters. The second kappa shape index (κ2) is 9.45. The highest BCUT2D eigenvalue weighted by Crippen LogP contribution is 2.17. The van der Waals surface area contributed by atoms with Crippen LogP contribution in [0.3, 0.4) is 0 Å². The number of hydrogen-bond donors (Lipinski definition) is 2. The Labute approximate surface area is 162 Å². The number of para-hydroxylation sites is 1. The molecule has 0 fully saturated rings. The smallest absolute Gasteiger partial charge is 0.270 e. The zero-order valence-electron chi connectivity index (χ0n) is 15.5. The maximum absolute atomic E-state index is 13.6. The topological polar surface area (TPSA) is 76.1 Å². The van der Waals surface area contributed by atoms with Gasteiger partial charge in [0.05, 0.1) is 7.11 Å². The summed E-state index contributed by atoms with van der Waals surface area (Å²) in [6.07, 6.45) is 1.83. The average molecular weight is 380 g/mol. The highest BCUT2D eigenvalue weighted by Gasteiger charge is 2.10. The molecule has 0 atom stereocenters. The minimum atomic E-state index is -0.314. The number of halogens is 1. The number of ether oxygens (including phenoxy) is 1. The average Bonchev–Trinajstić information content (AvgIpc) is 2.74. The number of nitrogens with zero attached hydrogens (tertiary/aromatic N) is 2. The van der Waals surface area contributed by atoms with Gasteiger partial charge in [0.15, 0.2) is 0 Å². The second-order valence-electron chi connectivity index (χ2n) is 6.05. The van der Waals surface area contributed by atoms with Crippen LogP contribution < -0.4 is 15.4 Å². The SMILES string of the molecule is COc1ccccc1CNC(=O)c1cc(NCCc2ccccc2F)ncn1. The minimum absolute atomic E-state index is 0.233. The van der Waals surface area contributed by atoms with E-state index in [9.17, 15) is 9.18 Å². The summed E-state index contributed by atoms with van der Waals surface area (Å²) in [6, 6.07) is 15.7. The van der Waals surface area contributed by atoms with Gasteiger partial charge in [-0.1, -0.05) is 36.4 Å². The van der Waals surface area contributed by atoms with Crippen LogP contribution >= 0.6 is 0 Å². The van der Waals surface area contributed by atoms with E-state index in [0.29, 0.717) is 36.6 Å². The zero-order chi connectivity index (χ0) is 19.8. The van der Waals surface area contributed by atoms with Crippen LogP contribution in [0.15, 0.2) is 60.9 Å². The van der Waals surface area contributed by atoms with E-state index in [2.05, 4.69) is 20.6 Å². The minimum Gasteiger partial charge on any atom is -0.496 e. The number of hydrogen-bond acceptors (Lipinski definition) is 5. The van der Waals surface area contributed by atoms with E-state index in [1.165, 1.54) is 12.4 Å². The van der Waals surface area contributed by atoms with Gasteiger partial charge in [-0.2, -0.15) is 0 Å². The summed E-state index contributed by atoms with van der Waals surface area (Å²) in [7, 11) is 1.59. The number of methoxy groups -OCH3 is 1. The van der Waals surface area contributed by atoms with E-state index in [4.69, 9.17) is 4.74 Å². The van der Waals surface area contributed by atoms with Gasteiger partial charge in [0, 0.05) is 24.7 Å². The van der Waals surface area contributed by atoms with Gasteiger partial charge < -0.3 is 15.4 Å². The third kappa shape index (κ3) is 5.03. The number of aromatic nitrogens is 2. The van der Waals surface area contributed by atoms with Crippen molar-refractivity contribution in [3.8, 4) is 5.75 Å². The van der Waals surface area contributed by atoms with Gasteiger partial charge in [0.2, 0.25) is 0 Å². The van der Waals surface area contributed by atoms with Crippen molar-refractivity contribution in [2.75, 3.05) is 19.0 Å². The van der Waals surface area contributed by atoms with Gasteiger partial charge in [-0.05, 0) is 24.1 Å². The monoisotopic (exact) mass is 380 g/mol.